The lowest BCUT2D eigenvalue weighted by Gasteiger charge is -2.27. The molecule has 2 aromatic carbocycles. The number of fused-ring (bicyclic) bond motifs is 1. The maximum atomic E-state index is 13.2. The largest absolute Gasteiger partial charge is 0.322 e. The molecule has 2 heterocycles. The minimum Gasteiger partial charge on any atom is -0.322 e. The van der Waals surface area contributed by atoms with Crippen LogP contribution in [-0.4, -0.2) is 27.7 Å². The molecule has 0 radical (unpaired) electrons. The number of carbonyl (C=O) groups is 2. The molecule has 1 aromatic heterocycles. The predicted molar refractivity (Wildman–Crippen MR) is 108 cm³/mol. The van der Waals surface area contributed by atoms with Crippen molar-refractivity contribution >= 4 is 17.6 Å². The second-order valence-electron chi connectivity index (χ2n) is 6.95. The molecule has 1 N–H and O–H groups in total. The molecule has 2 amide bonds. The number of amides is 2. The third-order valence-corrected chi connectivity index (χ3v) is 4.94. The van der Waals surface area contributed by atoms with Gasteiger partial charge in [-0.05, 0) is 36.2 Å². The maximum absolute atomic E-state index is 13.2. The topological polar surface area (TPSA) is 62.3 Å². The summed E-state index contributed by atoms with van der Waals surface area (Å²) in [6.45, 7) is 2.30. The predicted octanol–water partition coefficient (Wildman–Crippen LogP) is 3.60. The molecule has 1 aliphatic heterocycles. The summed E-state index contributed by atoms with van der Waals surface area (Å²) in [5.74, 6) is 0.152. The van der Waals surface area contributed by atoms with Crippen LogP contribution < -0.4 is 5.32 Å². The Balaban J connectivity index is 1.63. The molecule has 28 heavy (non-hydrogen) atoms. The Bertz CT molecular complexity index is 1020. The highest BCUT2D eigenvalue weighted by molar-refractivity contribution is 6.03. The number of benzene rings is 2. The fourth-order valence-corrected chi connectivity index (χ4v) is 3.53. The second kappa shape index (κ2) is 7.64. The van der Waals surface area contributed by atoms with Gasteiger partial charge in [0.05, 0.1) is 0 Å². The fraction of sp³-hybridized carbons (Fsp3) is 0.174. The minimum absolute atomic E-state index is 0.108. The van der Waals surface area contributed by atoms with Gasteiger partial charge >= 0.3 is 0 Å². The molecule has 5 nitrogen and oxygen atoms in total. The van der Waals surface area contributed by atoms with Crippen molar-refractivity contribution in [2.45, 2.75) is 25.9 Å². The summed E-state index contributed by atoms with van der Waals surface area (Å²) >= 11 is 0. The average molecular weight is 371 g/mol. The number of aryl methyl sites for hydroxylation is 1. The summed E-state index contributed by atoms with van der Waals surface area (Å²) in [7, 11) is 0. The SMILES string of the molecule is Cc1cccc(NC(=O)C(Cc2ccccc2)N2Cc3ccccc3C2=O)n1. The molecule has 1 atom stereocenters. The number of aromatic nitrogens is 1. The van der Waals surface area contributed by atoms with Gasteiger partial charge in [-0.1, -0.05) is 54.6 Å². The van der Waals surface area contributed by atoms with Crippen LogP contribution in [-0.2, 0) is 17.8 Å². The number of hydrogen-bond acceptors (Lipinski definition) is 3. The van der Waals surface area contributed by atoms with E-state index in [4.69, 9.17) is 0 Å². The number of carbonyl (C=O) groups excluding carboxylic acids is 2. The third kappa shape index (κ3) is 3.64. The molecule has 1 aliphatic rings. The normalized spacial score (nSPS) is 13.9. The first-order valence-corrected chi connectivity index (χ1v) is 9.29. The Morgan fingerprint density at radius 1 is 1.04 bits per heavy atom. The lowest BCUT2D eigenvalue weighted by atomic mass is 10.0. The number of nitrogens with zero attached hydrogens (tertiary/aromatic N) is 2. The van der Waals surface area contributed by atoms with E-state index < -0.39 is 6.04 Å². The summed E-state index contributed by atoms with van der Waals surface area (Å²) in [6, 6.07) is 22.1. The van der Waals surface area contributed by atoms with Crippen LogP contribution in [0.4, 0.5) is 5.82 Å². The van der Waals surface area contributed by atoms with Crippen LogP contribution >= 0.6 is 0 Å². The van der Waals surface area contributed by atoms with Gasteiger partial charge in [-0.25, -0.2) is 4.98 Å². The van der Waals surface area contributed by atoms with Gasteiger partial charge in [0, 0.05) is 24.2 Å². The Kier molecular flexibility index (Phi) is 4.89. The number of anilines is 1. The van der Waals surface area contributed by atoms with E-state index in [1.807, 2.05) is 73.7 Å². The van der Waals surface area contributed by atoms with Crippen molar-refractivity contribution in [3.8, 4) is 0 Å². The standard InChI is InChI=1S/C23H21N3O2/c1-16-8-7-13-21(24-16)25-22(27)20(14-17-9-3-2-4-10-17)26-15-18-11-5-6-12-19(18)23(26)28/h2-13,20H,14-15H2,1H3,(H,24,25,27). The molecule has 1 unspecified atom stereocenters. The second-order valence-corrected chi connectivity index (χ2v) is 6.95. The molecule has 0 saturated heterocycles. The van der Waals surface area contributed by atoms with Crippen LogP contribution in [0.3, 0.4) is 0 Å². The Morgan fingerprint density at radius 3 is 2.54 bits per heavy atom. The Labute approximate surface area is 164 Å². The maximum Gasteiger partial charge on any atom is 0.255 e. The molecule has 0 saturated carbocycles. The molecule has 0 fully saturated rings. The van der Waals surface area contributed by atoms with Gasteiger partial charge in [-0.2, -0.15) is 0 Å². The lowest BCUT2D eigenvalue weighted by molar-refractivity contribution is -0.120. The van der Waals surface area contributed by atoms with Crippen LogP contribution in [0.2, 0.25) is 0 Å². The third-order valence-electron chi connectivity index (χ3n) is 4.94. The van der Waals surface area contributed by atoms with E-state index in [0.29, 0.717) is 24.3 Å². The van der Waals surface area contributed by atoms with E-state index in [0.717, 1.165) is 16.8 Å². The van der Waals surface area contributed by atoms with Gasteiger partial charge in [-0.15, -0.1) is 0 Å². The van der Waals surface area contributed by atoms with Crippen molar-refractivity contribution in [2.75, 3.05) is 5.32 Å². The van der Waals surface area contributed by atoms with Crippen molar-refractivity contribution in [1.29, 1.82) is 0 Å². The molecular formula is C23H21N3O2. The highest BCUT2D eigenvalue weighted by Crippen LogP contribution is 2.26. The molecule has 4 rings (SSSR count). The molecule has 3 aromatic rings. The Morgan fingerprint density at radius 2 is 1.79 bits per heavy atom. The first-order valence-electron chi connectivity index (χ1n) is 9.29. The van der Waals surface area contributed by atoms with Crippen molar-refractivity contribution < 1.29 is 9.59 Å². The van der Waals surface area contributed by atoms with E-state index in [-0.39, 0.29) is 11.8 Å². The van der Waals surface area contributed by atoms with E-state index >= 15 is 0 Å². The zero-order valence-electron chi connectivity index (χ0n) is 15.6. The number of rotatable bonds is 5. The van der Waals surface area contributed by atoms with Gasteiger partial charge in [0.15, 0.2) is 0 Å². The summed E-state index contributed by atoms with van der Waals surface area (Å²) in [6.07, 6.45) is 0.443. The minimum atomic E-state index is -0.621. The fourth-order valence-electron chi connectivity index (χ4n) is 3.53. The van der Waals surface area contributed by atoms with Crippen LogP contribution in [0.5, 0.6) is 0 Å². The van der Waals surface area contributed by atoms with Gasteiger partial charge in [0.2, 0.25) is 5.91 Å². The van der Waals surface area contributed by atoms with Gasteiger partial charge in [0.25, 0.3) is 5.91 Å². The van der Waals surface area contributed by atoms with E-state index in [1.54, 1.807) is 11.0 Å². The average Bonchev–Trinajstić information content (AvgIpc) is 3.03. The number of nitrogens with one attached hydrogen (secondary N) is 1. The molecule has 0 bridgehead atoms. The molecule has 140 valence electrons. The lowest BCUT2D eigenvalue weighted by Crippen LogP contribution is -2.45. The quantitative estimate of drug-likeness (QED) is 0.745. The van der Waals surface area contributed by atoms with E-state index in [2.05, 4.69) is 10.3 Å². The summed E-state index contributed by atoms with van der Waals surface area (Å²) < 4.78 is 0. The van der Waals surface area contributed by atoms with E-state index in [1.165, 1.54) is 0 Å². The zero-order chi connectivity index (χ0) is 19.5. The van der Waals surface area contributed by atoms with Crippen LogP contribution in [0.1, 0.15) is 27.2 Å². The molecule has 0 aliphatic carbocycles. The molecular weight excluding hydrogens is 350 g/mol. The summed E-state index contributed by atoms with van der Waals surface area (Å²) in [4.78, 5) is 32.1. The van der Waals surface area contributed by atoms with Crippen molar-refractivity contribution in [3.63, 3.8) is 0 Å². The zero-order valence-corrected chi connectivity index (χ0v) is 15.6. The monoisotopic (exact) mass is 371 g/mol. The first kappa shape index (κ1) is 17.9. The van der Waals surface area contributed by atoms with E-state index in [9.17, 15) is 9.59 Å². The van der Waals surface area contributed by atoms with Crippen molar-refractivity contribution in [3.05, 3.63) is 95.2 Å². The summed E-state index contributed by atoms with van der Waals surface area (Å²) in [5, 5.41) is 2.88. The summed E-state index contributed by atoms with van der Waals surface area (Å²) in [5.41, 5.74) is 3.44. The molecule has 5 heteroatoms. The number of pyridine rings is 1. The van der Waals surface area contributed by atoms with Crippen LogP contribution in [0.25, 0.3) is 0 Å². The first-order chi connectivity index (χ1) is 13.6. The highest BCUT2D eigenvalue weighted by atomic mass is 16.2. The Hall–Kier alpha value is -3.47. The smallest absolute Gasteiger partial charge is 0.255 e. The number of hydrogen-bond donors (Lipinski definition) is 1. The van der Waals surface area contributed by atoms with Crippen molar-refractivity contribution in [2.24, 2.45) is 0 Å². The van der Waals surface area contributed by atoms with Gasteiger partial charge in [-0.3, -0.25) is 9.59 Å². The molecule has 0 spiro atoms. The van der Waals surface area contributed by atoms with Crippen LogP contribution in [0, 0.1) is 6.92 Å². The highest BCUT2D eigenvalue weighted by Gasteiger charge is 2.36. The van der Waals surface area contributed by atoms with Crippen molar-refractivity contribution in [1.82, 2.24) is 9.88 Å². The van der Waals surface area contributed by atoms with Gasteiger partial charge < -0.3 is 10.2 Å². The van der Waals surface area contributed by atoms with Gasteiger partial charge in [0.1, 0.15) is 11.9 Å². The van der Waals surface area contributed by atoms with Crippen LogP contribution in [0.15, 0.2) is 72.8 Å².